The molecule has 1 aliphatic rings. The molecule has 0 amide bonds. The van der Waals surface area contributed by atoms with Gasteiger partial charge in [0.25, 0.3) is 10.0 Å². The summed E-state index contributed by atoms with van der Waals surface area (Å²) in [5.41, 5.74) is 1.51. The second kappa shape index (κ2) is 14.9. The van der Waals surface area contributed by atoms with Gasteiger partial charge in [-0.25, -0.2) is 5.01 Å². The summed E-state index contributed by atoms with van der Waals surface area (Å²) in [6, 6.07) is 29.8. The van der Waals surface area contributed by atoms with Crippen molar-refractivity contribution in [3.8, 4) is 5.75 Å². The molecule has 0 bridgehead atoms. The largest absolute Gasteiger partial charge is 0.480 e. The summed E-state index contributed by atoms with van der Waals surface area (Å²) in [5.74, 6) is 0.267. The number of Topliss-reactive ketones (excluding diaryl/α,β-unsaturated/α-hetero) is 1. The van der Waals surface area contributed by atoms with Gasteiger partial charge in [-0.3, -0.25) is 4.79 Å². The van der Waals surface area contributed by atoms with E-state index in [1.807, 2.05) is 42.5 Å². The topological polar surface area (TPSA) is 100 Å². The summed E-state index contributed by atoms with van der Waals surface area (Å²) in [4.78, 5) is 13.1. The highest BCUT2D eigenvalue weighted by molar-refractivity contribution is 7.90. The van der Waals surface area contributed by atoms with Gasteiger partial charge in [0.1, 0.15) is 5.75 Å². The Labute approximate surface area is 290 Å². The van der Waals surface area contributed by atoms with Crippen LogP contribution in [0.1, 0.15) is 43.7 Å². The summed E-state index contributed by atoms with van der Waals surface area (Å²) in [6.45, 7) is 3.99. The fourth-order valence-corrected chi connectivity index (χ4v) is 6.36. The molecule has 0 aliphatic carbocycles. The summed E-state index contributed by atoms with van der Waals surface area (Å²) in [7, 11) is -4.16. The minimum atomic E-state index is -4.16. The van der Waals surface area contributed by atoms with E-state index in [9.17, 15) is 13.2 Å². The number of halogens is 3. The molecule has 8 nitrogen and oxygen atoms in total. The number of hydrogen-bond acceptors (Lipinski definition) is 5. The first kappa shape index (κ1) is 34.4. The Morgan fingerprint density at radius 2 is 1.47 bits per heavy atom. The molecule has 1 N–H and O–H groups in total. The lowest BCUT2D eigenvalue weighted by atomic mass is 9.91. The second-order valence-electron chi connectivity index (χ2n) is 11.4. The molecule has 4 aromatic carbocycles. The molecular weight excluding hydrogens is 679 g/mol. The third-order valence-corrected chi connectivity index (χ3v) is 9.58. The SMILES string of the molecule is CC(C)(Oc1ccc(Cl)cc1)C(=O)CCCN/C(=N/S(=O)(=O)c1ccc(Cl)cc1)N1CC(c2ccccc2)C(c2ccc(Cl)cc2)=N1. The zero-order valence-corrected chi connectivity index (χ0v) is 28.8. The number of carbonyl (C=O) groups is 1. The Bertz CT molecular complexity index is 1870. The number of hydrazone groups is 1. The molecular formula is C35H33Cl3N4O4S. The van der Waals surface area contributed by atoms with E-state index in [0.29, 0.717) is 33.8 Å². The Balaban J connectivity index is 1.39. The van der Waals surface area contributed by atoms with Crippen molar-refractivity contribution in [1.29, 1.82) is 0 Å². The van der Waals surface area contributed by atoms with Crippen molar-refractivity contribution in [2.75, 3.05) is 13.1 Å². The van der Waals surface area contributed by atoms with Crippen molar-refractivity contribution in [2.24, 2.45) is 9.50 Å². The lowest BCUT2D eigenvalue weighted by Crippen LogP contribution is -2.40. The van der Waals surface area contributed by atoms with Crippen molar-refractivity contribution < 1.29 is 17.9 Å². The molecule has 4 aromatic rings. The molecule has 12 heteroatoms. The molecule has 1 aliphatic heterocycles. The molecule has 1 atom stereocenters. The maximum Gasteiger partial charge on any atom is 0.285 e. The minimum Gasteiger partial charge on any atom is -0.480 e. The van der Waals surface area contributed by atoms with Gasteiger partial charge in [0, 0.05) is 34.0 Å². The van der Waals surface area contributed by atoms with Crippen LogP contribution in [0.15, 0.2) is 118 Å². The zero-order chi connectivity index (χ0) is 33.6. The molecule has 0 saturated heterocycles. The van der Waals surface area contributed by atoms with Crippen LogP contribution in [0, 0.1) is 0 Å². The number of guanidine groups is 1. The molecule has 1 unspecified atom stereocenters. The smallest absolute Gasteiger partial charge is 0.285 e. The third kappa shape index (κ3) is 8.93. The number of nitrogens with one attached hydrogen (secondary N) is 1. The van der Waals surface area contributed by atoms with Gasteiger partial charge in [0.2, 0.25) is 5.96 Å². The standard InChI is InChI=1S/C35H33Cl3N4O4S/c1-35(2,46-29-18-14-27(37)15-19-29)32(43)9-6-22-39-34(41-47(44,45)30-20-16-28(38)17-21-30)42-23-31(24-7-4-3-5-8-24)33(40-42)25-10-12-26(36)13-11-25/h3-5,7-8,10-21,31H,6,9,22-23H2,1-2H3,(H,39,41). The molecule has 0 radical (unpaired) electrons. The van der Waals surface area contributed by atoms with Crippen LogP contribution in [0.3, 0.4) is 0 Å². The minimum absolute atomic E-state index is 0.0156. The summed E-state index contributed by atoms with van der Waals surface area (Å²) in [5, 5.41) is 11.2. The number of rotatable bonds is 11. The Hall–Kier alpha value is -3.89. The van der Waals surface area contributed by atoms with Crippen molar-refractivity contribution >= 4 is 62.3 Å². The summed E-state index contributed by atoms with van der Waals surface area (Å²) in [6.07, 6.45) is 0.562. The highest BCUT2D eigenvalue weighted by Crippen LogP contribution is 2.30. The maximum absolute atomic E-state index is 13.5. The number of hydrogen-bond donors (Lipinski definition) is 1. The van der Waals surface area contributed by atoms with E-state index in [-0.39, 0.29) is 35.5 Å². The van der Waals surface area contributed by atoms with E-state index in [1.165, 1.54) is 24.3 Å². The van der Waals surface area contributed by atoms with E-state index in [0.717, 1.165) is 16.8 Å². The maximum atomic E-state index is 13.5. The predicted molar refractivity (Wildman–Crippen MR) is 188 cm³/mol. The Morgan fingerprint density at radius 3 is 2.09 bits per heavy atom. The van der Waals surface area contributed by atoms with E-state index in [1.54, 1.807) is 55.3 Å². The first-order valence-corrected chi connectivity index (χ1v) is 17.5. The van der Waals surface area contributed by atoms with E-state index in [2.05, 4.69) is 9.71 Å². The normalized spacial score (nSPS) is 15.3. The number of carbonyl (C=O) groups excluding carboxylic acids is 1. The fourth-order valence-electron chi connectivity index (χ4n) is 5.01. The quantitative estimate of drug-likeness (QED) is 0.0962. The number of ketones is 1. The summed E-state index contributed by atoms with van der Waals surface area (Å²) < 4.78 is 37.1. The average Bonchev–Trinajstić information content (AvgIpc) is 3.50. The van der Waals surface area contributed by atoms with Gasteiger partial charge in [-0.2, -0.15) is 13.5 Å². The van der Waals surface area contributed by atoms with Crippen LogP contribution in [0.4, 0.5) is 0 Å². The Kier molecular flexibility index (Phi) is 10.9. The van der Waals surface area contributed by atoms with Crippen molar-refractivity contribution in [2.45, 2.75) is 43.1 Å². The van der Waals surface area contributed by atoms with Gasteiger partial charge < -0.3 is 10.1 Å². The highest BCUT2D eigenvalue weighted by atomic mass is 35.5. The molecule has 244 valence electrons. The van der Waals surface area contributed by atoms with Crippen LogP contribution >= 0.6 is 34.8 Å². The first-order chi connectivity index (χ1) is 22.4. The van der Waals surface area contributed by atoms with Crippen molar-refractivity contribution in [3.05, 3.63) is 129 Å². The molecule has 0 aromatic heterocycles. The Morgan fingerprint density at radius 1 is 0.894 bits per heavy atom. The number of nitrogens with zero attached hydrogens (tertiary/aromatic N) is 3. The molecule has 0 fully saturated rings. The number of benzene rings is 4. The van der Waals surface area contributed by atoms with Gasteiger partial charge >= 0.3 is 0 Å². The molecule has 47 heavy (non-hydrogen) atoms. The molecule has 0 spiro atoms. The van der Waals surface area contributed by atoms with E-state index < -0.39 is 15.6 Å². The first-order valence-electron chi connectivity index (χ1n) is 14.9. The van der Waals surface area contributed by atoms with E-state index in [4.69, 9.17) is 44.6 Å². The van der Waals surface area contributed by atoms with Crippen LogP contribution in [0.25, 0.3) is 0 Å². The third-order valence-electron chi connectivity index (χ3n) is 7.54. The van der Waals surface area contributed by atoms with Crippen LogP contribution < -0.4 is 10.1 Å². The van der Waals surface area contributed by atoms with Gasteiger partial charge in [-0.15, -0.1) is 4.40 Å². The monoisotopic (exact) mass is 710 g/mol. The van der Waals surface area contributed by atoms with Crippen LogP contribution in [0.2, 0.25) is 15.1 Å². The van der Waals surface area contributed by atoms with Crippen LogP contribution in [-0.2, 0) is 14.8 Å². The molecule has 5 rings (SSSR count). The van der Waals surface area contributed by atoms with Crippen molar-refractivity contribution in [1.82, 2.24) is 10.3 Å². The zero-order valence-electron chi connectivity index (χ0n) is 25.7. The molecule has 1 heterocycles. The molecule has 0 saturated carbocycles. The lowest BCUT2D eigenvalue weighted by molar-refractivity contribution is -0.131. The van der Waals surface area contributed by atoms with Gasteiger partial charge in [-0.1, -0.05) is 77.3 Å². The second-order valence-corrected chi connectivity index (χ2v) is 14.3. The van der Waals surface area contributed by atoms with Gasteiger partial charge in [0.15, 0.2) is 11.4 Å². The number of ether oxygens (including phenoxy) is 1. The van der Waals surface area contributed by atoms with Crippen LogP contribution in [-0.4, -0.2) is 49.6 Å². The highest BCUT2D eigenvalue weighted by Gasteiger charge is 2.33. The fraction of sp³-hybridized carbons (Fsp3) is 0.229. The lowest BCUT2D eigenvalue weighted by Gasteiger charge is -2.25. The van der Waals surface area contributed by atoms with Gasteiger partial charge in [-0.05, 0) is 92.1 Å². The van der Waals surface area contributed by atoms with Crippen LogP contribution in [0.5, 0.6) is 5.75 Å². The van der Waals surface area contributed by atoms with Gasteiger partial charge in [0.05, 0.1) is 17.2 Å². The predicted octanol–water partition coefficient (Wildman–Crippen LogP) is 7.99. The van der Waals surface area contributed by atoms with E-state index >= 15 is 0 Å². The van der Waals surface area contributed by atoms with Crippen molar-refractivity contribution in [3.63, 3.8) is 0 Å². The average molecular weight is 712 g/mol. The summed E-state index contributed by atoms with van der Waals surface area (Å²) >= 11 is 18.1. The number of sulfonamides is 1.